The van der Waals surface area contributed by atoms with Gasteiger partial charge in [-0.3, -0.25) is 4.79 Å². The van der Waals surface area contributed by atoms with E-state index in [-0.39, 0.29) is 28.5 Å². The number of hydrogen-bond donors (Lipinski definition) is 3. The molecule has 0 heterocycles. The van der Waals surface area contributed by atoms with Crippen molar-refractivity contribution in [1.29, 1.82) is 0 Å². The summed E-state index contributed by atoms with van der Waals surface area (Å²) in [6.07, 6.45) is 0. The smallest absolute Gasteiger partial charge is 0.337 e. The van der Waals surface area contributed by atoms with E-state index in [2.05, 4.69) is 5.32 Å². The number of nitrogens with two attached hydrogens (primary N) is 1. The van der Waals surface area contributed by atoms with E-state index in [9.17, 15) is 9.59 Å². The van der Waals surface area contributed by atoms with Gasteiger partial charge < -0.3 is 16.2 Å². The highest BCUT2D eigenvalue weighted by molar-refractivity contribution is 6.33. The van der Waals surface area contributed by atoms with Crippen molar-refractivity contribution in [3.8, 4) is 0 Å². The maximum absolute atomic E-state index is 11.7. The van der Waals surface area contributed by atoms with E-state index in [0.29, 0.717) is 5.69 Å². The van der Waals surface area contributed by atoms with Crippen molar-refractivity contribution in [2.45, 2.75) is 19.9 Å². The summed E-state index contributed by atoms with van der Waals surface area (Å²) in [5, 5.41) is 11.6. The zero-order chi connectivity index (χ0) is 13.9. The predicted octanol–water partition coefficient (Wildman–Crippen LogP) is 1.96. The molecule has 98 valence electrons. The van der Waals surface area contributed by atoms with Crippen molar-refractivity contribution in [2.75, 3.05) is 5.32 Å². The van der Waals surface area contributed by atoms with Gasteiger partial charge in [0.1, 0.15) is 0 Å². The second-order valence-corrected chi connectivity index (χ2v) is 4.54. The number of hydrogen-bond acceptors (Lipinski definition) is 3. The Morgan fingerprint density at radius 3 is 2.50 bits per heavy atom. The molecule has 0 saturated heterocycles. The van der Waals surface area contributed by atoms with E-state index in [1.807, 2.05) is 0 Å². The summed E-state index contributed by atoms with van der Waals surface area (Å²) < 4.78 is 0. The number of carboxylic acid groups (broad SMARTS) is 1. The molecule has 0 aromatic heterocycles. The fraction of sp³-hybridized carbons (Fsp3) is 0.333. The first kappa shape index (κ1) is 14.5. The van der Waals surface area contributed by atoms with Gasteiger partial charge in [-0.15, -0.1) is 0 Å². The number of nitrogens with one attached hydrogen (secondary N) is 1. The van der Waals surface area contributed by atoms with Gasteiger partial charge in [-0.25, -0.2) is 4.79 Å². The monoisotopic (exact) mass is 270 g/mol. The maximum atomic E-state index is 11.7. The molecule has 2 unspecified atom stereocenters. The molecule has 18 heavy (non-hydrogen) atoms. The lowest BCUT2D eigenvalue weighted by Crippen LogP contribution is -2.34. The van der Waals surface area contributed by atoms with Crippen LogP contribution in [0.1, 0.15) is 24.2 Å². The number of aromatic carboxylic acids is 1. The molecule has 0 fully saturated rings. The Balaban J connectivity index is 2.89. The van der Waals surface area contributed by atoms with Crippen LogP contribution in [0.25, 0.3) is 0 Å². The zero-order valence-electron chi connectivity index (χ0n) is 10.1. The van der Waals surface area contributed by atoms with Gasteiger partial charge in [0.15, 0.2) is 0 Å². The van der Waals surface area contributed by atoms with E-state index in [1.54, 1.807) is 19.9 Å². The van der Waals surface area contributed by atoms with Crippen LogP contribution in [0.2, 0.25) is 5.02 Å². The fourth-order valence-corrected chi connectivity index (χ4v) is 1.46. The van der Waals surface area contributed by atoms with Crippen molar-refractivity contribution in [3.05, 3.63) is 28.8 Å². The summed E-state index contributed by atoms with van der Waals surface area (Å²) in [4.78, 5) is 22.6. The molecule has 0 aliphatic heterocycles. The van der Waals surface area contributed by atoms with Crippen LogP contribution in [0.15, 0.2) is 18.2 Å². The quantitative estimate of drug-likeness (QED) is 0.780. The topological polar surface area (TPSA) is 92.4 Å². The summed E-state index contributed by atoms with van der Waals surface area (Å²) in [5.41, 5.74) is 5.95. The fourth-order valence-electron chi connectivity index (χ4n) is 1.26. The van der Waals surface area contributed by atoms with Gasteiger partial charge in [0.25, 0.3) is 0 Å². The number of carbonyl (C=O) groups is 2. The van der Waals surface area contributed by atoms with Crippen LogP contribution in [-0.2, 0) is 4.79 Å². The van der Waals surface area contributed by atoms with Gasteiger partial charge in [-0.1, -0.05) is 18.5 Å². The molecule has 1 rings (SSSR count). The number of benzene rings is 1. The molecule has 1 aromatic rings. The van der Waals surface area contributed by atoms with E-state index in [4.69, 9.17) is 22.4 Å². The minimum Gasteiger partial charge on any atom is -0.478 e. The first-order chi connectivity index (χ1) is 8.32. The lowest BCUT2D eigenvalue weighted by atomic mass is 10.0. The maximum Gasteiger partial charge on any atom is 0.337 e. The first-order valence-electron chi connectivity index (χ1n) is 5.42. The van der Waals surface area contributed by atoms with Gasteiger partial charge in [-0.2, -0.15) is 0 Å². The minimum absolute atomic E-state index is 0.0529. The Morgan fingerprint density at radius 2 is 2.00 bits per heavy atom. The summed E-state index contributed by atoms with van der Waals surface area (Å²) in [7, 11) is 0. The summed E-state index contributed by atoms with van der Waals surface area (Å²) >= 11 is 5.73. The van der Waals surface area contributed by atoms with Crippen molar-refractivity contribution < 1.29 is 14.7 Å². The summed E-state index contributed by atoms with van der Waals surface area (Å²) in [6.45, 7) is 3.43. The van der Waals surface area contributed by atoms with Gasteiger partial charge in [0.05, 0.1) is 16.5 Å². The molecular weight excluding hydrogens is 256 g/mol. The molecule has 6 heteroatoms. The van der Waals surface area contributed by atoms with Crippen LogP contribution in [0.3, 0.4) is 0 Å². The molecule has 1 amide bonds. The number of amides is 1. The zero-order valence-corrected chi connectivity index (χ0v) is 10.9. The molecular formula is C12H15ClN2O3. The number of halogens is 1. The number of anilines is 1. The Kier molecular flexibility index (Phi) is 4.69. The lowest BCUT2D eigenvalue weighted by Gasteiger charge is -2.15. The number of carbonyl (C=O) groups excluding carboxylic acids is 1. The minimum atomic E-state index is -1.14. The Bertz CT molecular complexity index is 474. The molecule has 1 aromatic carbocycles. The molecule has 2 atom stereocenters. The van der Waals surface area contributed by atoms with Crippen LogP contribution in [0.5, 0.6) is 0 Å². The summed E-state index contributed by atoms with van der Waals surface area (Å²) in [5.74, 6) is -1.77. The second kappa shape index (κ2) is 5.84. The second-order valence-electron chi connectivity index (χ2n) is 4.14. The predicted molar refractivity (Wildman–Crippen MR) is 69.9 cm³/mol. The van der Waals surface area contributed by atoms with Crippen molar-refractivity contribution in [1.82, 2.24) is 0 Å². The Labute approximate surface area is 110 Å². The van der Waals surface area contributed by atoms with Gasteiger partial charge in [0.2, 0.25) is 5.91 Å². The van der Waals surface area contributed by atoms with E-state index in [0.717, 1.165) is 0 Å². The van der Waals surface area contributed by atoms with Gasteiger partial charge in [-0.05, 0) is 25.1 Å². The van der Waals surface area contributed by atoms with Crippen LogP contribution in [0.4, 0.5) is 5.69 Å². The molecule has 0 spiro atoms. The SMILES string of the molecule is CC(N)C(C)C(=O)Nc1ccc(Cl)c(C(=O)O)c1. The number of carboxylic acids is 1. The van der Waals surface area contributed by atoms with Crippen molar-refractivity contribution >= 4 is 29.2 Å². The van der Waals surface area contributed by atoms with Crippen LogP contribution in [-0.4, -0.2) is 23.0 Å². The third-order valence-electron chi connectivity index (χ3n) is 2.67. The van der Waals surface area contributed by atoms with Crippen LogP contribution < -0.4 is 11.1 Å². The molecule has 0 radical (unpaired) electrons. The number of rotatable bonds is 4. The van der Waals surface area contributed by atoms with E-state index in [1.165, 1.54) is 12.1 Å². The third kappa shape index (κ3) is 3.45. The largest absolute Gasteiger partial charge is 0.478 e. The van der Waals surface area contributed by atoms with Gasteiger partial charge in [0, 0.05) is 11.7 Å². The molecule has 0 aliphatic carbocycles. The first-order valence-corrected chi connectivity index (χ1v) is 5.80. The molecule has 5 nitrogen and oxygen atoms in total. The average molecular weight is 271 g/mol. The Morgan fingerprint density at radius 1 is 1.39 bits per heavy atom. The van der Waals surface area contributed by atoms with Crippen molar-refractivity contribution in [2.24, 2.45) is 11.7 Å². The van der Waals surface area contributed by atoms with Crippen LogP contribution in [0, 0.1) is 5.92 Å². The summed E-state index contributed by atoms with van der Waals surface area (Å²) in [6, 6.07) is 4.00. The highest BCUT2D eigenvalue weighted by Gasteiger charge is 2.18. The molecule has 0 aliphatic rings. The highest BCUT2D eigenvalue weighted by atomic mass is 35.5. The Hall–Kier alpha value is -1.59. The van der Waals surface area contributed by atoms with E-state index >= 15 is 0 Å². The average Bonchev–Trinajstić information content (AvgIpc) is 2.29. The molecule has 4 N–H and O–H groups in total. The third-order valence-corrected chi connectivity index (χ3v) is 3.00. The standard InChI is InChI=1S/C12H15ClN2O3/c1-6(7(2)14)11(16)15-8-3-4-10(13)9(5-8)12(17)18/h3-7H,14H2,1-2H3,(H,15,16)(H,17,18). The van der Waals surface area contributed by atoms with E-state index < -0.39 is 5.97 Å². The highest BCUT2D eigenvalue weighted by Crippen LogP contribution is 2.21. The van der Waals surface area contributed by atoms with Crippen molar-refractivity contribution in [3.63, 3.8) is 0 Å². The van der Waals surface area contributed by atoms with Crippen LogP contribution >= 0.6 is 11.6 Å². The molecule has 0 bridgehead atoms. The lowest BCUT2D eigenvalue weighted by molar-refractivity contribution is -0.119. The van der Waals surface area contributed by atoms with Gasteiger partial charge >= 0.3 is 5.97 Å². The molecule has 0 saturated carbocycles. The normalized spacial score (nSPS) is 13.8.